The quantitative estimate of drug-likeness (QED) is 0.752. The molecule has 0 bridgehead atoms. The summed E-state index contributed by atoms with van der Waals surface area (Å²) in [6.07, 6.45) is 1.62. The minimum atomic E-state index is -1.07. The fourth-order valence-electron chi connectivity index (χ4n) is 1.58. The lowest BCUT2D eigenvalue weighted by Gasteiger charge is -2.02. The van der Waals surface area contributed by atoms with Gasteiger partial charge in [0.2, 0.25) is 0 Å². The zero-order chi connectivity index (χ0) is 11.7. The SMILES string of the molecule is COC(=O)c1cc(C(=O)O)c2cc[nH]c2c1. The lowest BCUT2D eigenvalue weighted by molar-refractivity contribution is 0.0601. The first-order valence-corrected chi connectivity index (χ1v) is 4.56. The van der Waals surface area contributed by atoms with Crippen LogP contribution in [0.3, 0.4) is 0 Å². The Labute approximate surface area is 90.6 Å². The van der Waals surface area contributed by atoms with Crippen LogP contribution in [-0.4, -0.2) is 29.1 Å². The van der Waals surface area contributed by atoms with Crippen molar-refractivity contribution in [3.8, 4) is 0 Å². The number of aromatic amines is 1. The van der Waals surface area contributed by atoms with E-state index in [4.69, 9.17) is 5.11 Å². The normalized spacial score (nSPS) is 10.3. The molecule has 0 aliphatic heterocycles. The molecule has 5 nitrogen and oxygen atoms in total. The molecule has 0 aliphatic rings. The average molecular weight is 219 g/mol. The van der Waals surface area contributed by atoms with Crippen LogP contribution in [0.2, 0.25) is 0 Å². The Kier molecular flexibility index (Phi) is 2.36. The molecule has 1 aromatic heterocycles. The standard InChI is InChI=1S/C11H9NO4/c1-16-11(15)6-4-8(10(13)14)7-2-3-12-9(7)5-6/h2-5,12H,1H3,(H,13,14). The summed E-state index contributed by atoms with van der Waals surface area (Å²) in [6, 6.07) is 4.53. The summed E-state index contributed by atoms with van der Waals surface area (Å²) < 4.78 is 4.55. The van der Waals surface area contributed by atoms with Crippen molar-refractivity contribution in [2.24, 2.45) is 0 Å². The van der Waals surface area contributed by atoms with E-state index in [0.29, 0.717) is 10.9 Å². The number of carboxylic acid groups (broad SMARTS) is 1. The third kappa shape index (κ3) is 1.52. The highest BCUT2D eigenvalue weighted by molar-refractivity contribution is 6.06. The molecule has 16 heavy (non-hydrogen) atoms. The van der Waals surface area contributed by atoms with Gasteiger partial charge in [-0.25, -0.2) is 9.59 Å². The van der Waals surface area contributed by atoms with Crippen LogP contribution in [0.25, 0.3) is 10.9 Å². The Balaban J connectivity index is 2.71. The van der Waals surface area contributed by atoms with Gasteiger partial charge in [0, 0.05) is 17.1 Å². The number of carboxylic acids is 1. The second-order valence-corrected chi connectivity index (χ2v) is 3.26. The van der Waals surface area contributed by atoms with Gasteiger partial charge in [0.1, 0.15) is 0 Å². The summed E-state index contributed by atoms with van der Waals surface area (Å²) in [5, 5.41) is 9.58. The molecule has 5 heteroatoms. The molecule has 0 spiro atoms. The Morgan fingerprint density at radius 1 is 1.38 bits per heavy atom. The number of methoxy groups -OCH3 is 1. The van der Waals surface area contributed by atoms with Crippen LogP contribution in [0.4, 0.5) is 0 Å². The van der Waals surface area contributed by atoms with Gasteiger partial charge in [-0.05, 0) is 18.2 Å². The number of hydrogen-bond acceptors (Lipinski definition) is 3. The predicted octanol–water partition coefficient (Wildman–Crippen LogP) is 1.65. The van der Waals surface area contributed by atoms with E-state index >= 15 is 0 Å². The first-order valence-electron chi connectivity index (χ1n) is 4.56. The molecule has 0 saturated carbocycles. The average Bonchev–Trinajstić information content (AvgIpc) is 2.74. The minimum absolute atomic E-state index is 0.0825. The highest BCUT2D eigenvalue weighted by atomic mass is 16.5. The maximum atomic E-state index is 11.3. The molecule has 1 heterocycles. The van der Waals surface area contributed by atoms with Crippen LogP contribution in [0.15, 0.2) is 24.4 Å². The Hall–Kier alpha value is -2.30. The lowest BCUT2D eigenvalue weighted by atomic mass is 10.1. The summed E-state index contributed by atoms with van der Waals surface area (Å²) in [4.78, 5) is 25.2. The lowest BCUT2D eigenvalue weighted by Crippen LogP contribution is -2.05. The van der Waals surface area contributed by atoms with Gasteiger partial charge in [-0.15, -0.1) is 0 Å². The van der Waals surface area contributed by atoms with Crippen molar-refractivity contribution in [1.29, 1.82) is 0 Å². The highest BCUT2D eigenvalue weighted by Crippen LogP contribution is 2.20. The van der Waals surface area contributed by atoms with Crippen LogP contribution < -0.4 is 0 Å². The number of benzene rings is 1. The van der Waals surface area contributed by atoms with Crippen LogP contribution in [0.5, 0.6) is 0 Å². The van der Waals surface area contributed by atoms with Crippen LogP contribution >= 0.6 is 0 Å². The van der Waals surface area contributed by atoms with Crippen LogP contribution in [-0.2, 0) is 4.74 Å². The summed E-state index contributed by atoms with van der Waals surface area (Å²) in [5.41, 5.74) is 0.898. The second-order valence-electron chi connectivity index (χ2n) is 3.26. The highest BCUT2D eigenvalue weighted by Gasteiger charge is 2.14. The number of H-pyrrole nitrogens is 1. The maximum Gasteiger partial charge on any atom is 0.337 e. The minimum Gasteiger partial charge on any atom is -0.478 e. The topological polar surface area (TPSA) is 79.4 Å². The van der Waals surface area contributed by atoms with E-state index in [2.05, 4.69) is 9.72 Å². The van der Waals surface area contributed by atoms with E-state index < -0.39 is 11.9 Å². The summed E-state index contributed by atoms with van der Waals surface area (Å²) in [6.45, 7) is 0. The van der Waals surface area contributed by atoms with E-state index in [0.717, 1.165) is 0 Å². The molecule has 0 aliphatic carbocycles. The van der Waals surface area contributed by atoms with Crippen molar-refractivity contribution in [1.82, 2.24) is 4.98 Å². The van der Waals surface area contributed by atoms with Gasteiger partial charge in [0.15, 0.2) is 0 Å². The van der Waals surface area contributed by atoms with Gasteiger partial charge in [-0.1, -0.05) is 0 Å². The molecular formula is C11H9NO4. The predicted molar refractivity (Wildman–Crippen MR) is 56.6 cm³/mol. The number of aromatic carboxylic acids is 1. The first kappa shape index (κ1) is 10.2. The molecule has 0 saturated heterocycles. The van der Waals surface area contributed by atoms with Gasteiger partial charge < -0.3 is 14.8 Å². The van der Waals surface area contributed by atoms with E-state index in [9.17, 15) is 9.59 Å². The maximum absolute atomic E-state index is 11.3. The van der Waals surface area contributed by atoms with E-state index in [1.807, 2.05) is 0 Å². The number of rotatable bonds is 2. The molecule has 0 atom stereocenters. The zero-order valence-corrected chi connectivity index (χ0v) is 8.48. The molecular weight excluding hydrogens is 210 g/mol. The van der Waals surface area contributed by atoms with Crippen molar-refractivity contribution in [3.05, 3.63) is 35.5 Å². The van der Waals surface area contributed by atoms with E-state index in [-0.39, 0.29) is 11.1 Å². The van der Waals surface area contributed by atoms with Crippen molar-refractivity contribution in [2.45, 2.75) is 0 Å². The smallest absolute Gasteiger partial charge is 0.337 e. The van der Waals surface area contributed by atoms with Gasteiger partial charge in [0.05, 0.1) is 18.2 Å². The first-order chi connectivity index (χ1) is 7.63. The Morgan fingerprint density at radius 3 is 2.75 bits per heavy atom. The summed E-state index contributed by atoms with van der Waals surface area (Å²) in [7, 11) is 1.25. The Morgan fingerprint density at radius 2 is 2.12 bits per heavy atom. The summed E-state index contributed by atoms with van der Waals surface area (Å²) >= 11 is 0. The molecule has 1 aromatic carbocycles. The van der Waals surface area contributed by atoms with Crippen LogP contribution in [0, 0.1) is 0 Å². The third-order valence-electron chi connectivity index (χ3n) is 2.32. The fraction of sp³-hybridized carbons (Fsp3) is 0.0909. The van der Waals surface area contributed by atoms with Crippen molar-refractivity contribution >= 4 is 22.8 Å². The van der Waals surface area contributed by atoms with E-state index in [1.54, 1.807) is 18.3 Å². The largest absolute Gasteiger partial charge is 0.478 e. The molecule has 0 fully saturated rings. The van der Waals surface area contributed by atoms with Crippen molar-refractivity contribution < 1.29 is 19.4 Å². The number of ether oxygens (including phenoxy) is 1. The van der Waals surface area contributed by atoms with E-state index in [1.165, 1.54) is 13.2 Å². The third-order valence-corrected chi connectivity index (χ3v) is 2.32. The molecule has 0 unspecified atom stereocenters. The number of aromatic nitrogens is 1. The number of nitrogens with one attached hydrogen (secondary N) is 1. The molecule has 0 amide bonds. The molecule has 0 radical (unpaired) electrons. The number of carbonyl (C=O) groups excluding carboxylic acids is 1. The van der Waals surface area contributed by atoms with Gasteiger partial charge in [-0.2, -0.15) is 0 Å². The Bertz CT molecular complexity index is 570. The van der Waals surface area contributed by atoms with Gasteiger partial charge in [0.25, 0.3) is 0 Å². The molecule has 82 valence electrons. The molecule has 2 rings (SSSR count). The van der Waals surface area contributed by atoms with Gasteiger partial charge >= 0.3 is 11.9 Å². The van der Waals surface area contributed by atoms with Crippen LogP contribution in [0.1, 0.15) is 20.7 Å². The summed E-state index contributed by atoms with van der Waals surface area (Å²) in [5.74, 6) is -1.63. The molecule has 2 N–H and O–H groups in total. The monoisotopic (exact) mass is 219 g/mol. The van der Waals surface area contributed by atoms with Gasteiger partial charge in [-0.3, -0.25) is 0 Å². The molecule has 2 aromatic rings. The zero-order valence-electron chi connectivity index (χ0n) is 8.48. The number of hydrogen-bond donors (Lipinski definition) is 2. The number of carbonyl (C=O) groups is 2. The fourth-order valence-corrected chi connectivity index (χ4v) is 1.58. The van der Waals surface area contributed by atoms with Crippen molar-refractivity contribution in [2.75, 3.05) is 7.11 Å². The van der Waals surface area contributed by atoms with Crippen molar-refractivity contribution in [3.63, 3.8) is 0 Å². The number of esters is 1. The number of fused-ring (bicyclic) bond motifs is 1. The second kappa shape index (κ2) is 3.69.